The summed E-state index contributed by atoms with van der Waals surface area (Å²) in [4.78, 5) is 15.6. The van der Waals surface area contributed by atoms with Crippen LogP contribution >= 0.6 is 11.8 Å². The highest BCUT2D eigenvalue weighted by Gasteiger charge is 2.28. The number of rotatable bonds is 4. The van der Waals surface area contributed by atoms with E-state index in [4.69, 9.17) is 4.74 Å². The minimum atomic E-state index is -3.55. The van der Waals surface area contributed by atoms with Crippen LogP contribution in [0.25, 0.3) is 0 Å². The fraction of sp³-hybridized carbons (Fsp3) is 0.588. The van der Waals surface area contributed by atoms with Crippen LogP contribution in [0.15, 0.2) is 28.0 Å². The highest BCUT2D eigenvalue weighted by Crippen LogP contribution is 2.28. The van der Waals surface area contributed by atoms with Crippen molar-refractivity contribution in [2.24, 2.45) is 0 Å². The van der Waals surface area contributed by atoms with Crippen molar-refractivity contribution in [1.82, 2.24) is 9.21 Å². The number of benzene rings is 1. The first kappa shape index (κ1) is 18.7. The molecule has 2 aliphatic rings. The molecule has 0 atom stereocenters. The molecule has 0 unspecified atom stereocenters. The maximum atomic E-state index is 12.9. The molecule has 1 amide bonds. The van der Waals surface area contributed by atoms with Gasteiger partial charge in [-0.1, -0.05) is 6.42 Å². The van der Waals surface area contributed by atoms with Crippen LogP contribution < -0.4 is 0 Å². The van der Waals surface area contributed by atoms with Gasteiger partial charge in [0.05, 0.1) is 23.7 Å². The molecule has 138 valence electrons. The maximum Gasteiger partial charge on any atom is 0.255 e. The minimum absolute atomic E-state index is 0.122. The molecule has 8 heteroatoms. The zero-order valence-electron chi connectivity index (χ0n) is 14.4. The van der Waals surface area contributed by atoms with Crippen LogP contribution in [-0.4, -0.2) is 69.2 Å². The van der Waals surface area contributed by atoms with Crippen LogP contribution in [0.4, 0.5) is 0 Å². The van der Waals surface area contributed by atoms with Crippen molar-refractivity contribution in [3.05, 3.63) is 23.8 Å². The number of piperidine rings is 1. The third-order valence-electron chi connectivity index (χ3n) is 4.65. The van der Waals surface area contributed by atoms with Crippen molar-refractivity contribution < 1.29 is 17.9 Å². The van der Waals surface area contributed by atoms with E-state index in [1.807, 2.05) is 6.26 Å². The van der Waals surface area contributed by atoms with Gasteiger partial charge in [0, 0.05) is 31.1 Å². The third kappa shape index (κ3) is 4.02. The first-order chi connectivity index (χ1) is 12.0. The van der Waals surface area contributed by atoms with Crippen molar-refractivity contribution in [1.29, 1.82) is 0 Å². The zero-order chi connectivity index (χ0) is 17.9. The number of thioether (sulfide) groups is 1. The smallest absolute Gasteiger partial charge is 0.255 e. The fourth-order valence-corrected chi connectivity index (χ4v) is 5.32. The lowest BCUT2D eigenvalue weighted by Crippen LogP contribution is -2.41. The topological polar surface area (TPSA) is 66.9 Å². The molecule has 6 nitrogen and oxygen atoms in total. The van der Waals surface area contributed by atoms with Gasteiger partial charge in [-0.05, 0) is 37.3 Å². The summed E-state index contributed by atoms with van der Waals surface area (Å²) in [6, 6.07) is 4.91. The Bertz CT molecular complexity index is 724. The van der Waals surface area contributed by atoms with Crippen LogP contribution in [0.2, 0.25) is 0 Å². The number of ether oxygens (including phenoxy) is 1. The molecule has 0 N–H and O–H groups in total. The van der Waals surface area contributed by atoms with Crippen molar-refractivity contribution in [3.8, 4) is 0 Å². The van der Waals surface area contributed by atoms with Gasteiger partial charge >= 0.3 is 0 Å². The van der Waals surface area contributed by atoms with Crippen LogP contribution in [0, 0.1) is 0 Å². The Morgan fingerprint density at radius 3 is 2.40 bits per heavy atom. The Hall–Kier alpha value is -1.09. The molecule has 1 aromatic carbocycles. The molecule has 0 radical (unpaired) electrons. The molecule has 2 aliphatic heterocycles. The molecular weight excluding hydrogens is 360 g/mol. The predicted molar refractivity (Wildman–Crippen MR) is 97.6 cm³/mol. The van der Waals surface area contributed by atoms with Crippen molar-refractivity contribution in [2.75, 3.05) is 45.6 Å². The van der Waals surface area contributed by atoms with E-state index < -0.39 is 10.0 Å². The Morgan fingerprint density at radius 2 is 1.76 bits per heavy atom. The Morgan fingerprint density at radius 1 is 1.08 bits per heavy atom. The van der Waals surface area contributed by atoms with Crippen LogP contribution in [0.3, 0.4) is 0 Å². The molecule has 2 saturated heterocycles. The second-order valence-corrected chi connectivity index (χ2v) is 9.02. The van der Waals surface area contributed by atoms with E-state index in [-0.39, 0.29) is 10.8 Å². The summed E-state index contributed by atoms with van der Waals surface area (Å²) in [7, 11) is -3.55. The summed E-state index contributed by atoms with van der Waals surface area (Å²) in [5.41, 5.74) is 0.465. The van der Waals surface area contributed by atoms with Gasteiger partial charge in [0.25, 0.3) is 5.91 Å². The highest BCUT2D eigenvalue weighted by molar-refractivity contribution is 7.98. The van der Waals surface area contributed by atoms with Crippen molar-refractivity contribution in [3.63, 3.8) is 0 Å². The van der Waals surface area contributed by atoms with E-state index in [0.29, 0.717) is 45.0 Å². The summed E-state index contributed by atoms with van der Waals surface area (Å²) >= 11 is 1.46. The van der Waals surface area contributed by atoms with Gasteiger partial charge in [0.2, 0.25) is 10.0 Å². The molecule has 25 heavy (non-hydrogen) atoms. The molecule has 0 aliphatic carbocycles. The lowest BCUT2D eigenvalue weighted by Gasteiger charge is -2.28. The van der Waals surface area contributed by atoms with E-state index in [9.17, 15) is 13.2 Å². The van der Waals surface area contributed by atoms with Gasteiger partial charge in [0.15, 0.2) is 0 Å². The lowest BCUT2D eigenvalue weighted by molar-refractivity contribution is 0.0300. The average Bonchev–Trinajstić information content (AvgIpc) is 2.68. The molecular formula is C17H24N2O4S2. The average molecular weight is 385 g/mol. The molecule has 1 aromatic rings. The first-order valence-electron chi connectivity index (χ1n) is 8.59. The standard InChI is InChI=1S/C17H24N2O4S2/c1-24-16-6-5-14(25(21,22)19-7-3-2-4-8-19)13-15(16)17(20)18-9-11-23-12-10-18/h5-6,13H,2-4,7-12H2,1H3. The summed E-state index contributed by atoms with van der Waals surface area (Å²) in [5.74, 6) is -0.122. The quantitative estimate of drug-likeness (QED) is 0.744. The van der Waals surface area contributed by atoms with Gasteiger partial charge < -0.3 is 9.64 Å². The number of sulfonamides is 1. The van der Waals surface area contributed by atoms with Gasteiger partial charge in [-0.2, -0.15) is 4.31 Å². The number of morpholine rings is 1. The summed E-state index contributed by atoms with van der Waals surface area (Å²) < 4.78 is 32.7. The molecule has 0 bridgehead atoms. The van der Waals surface area contributed by atoms with E-state index in [2.05, 4.69) is 0 Å². The first-order valence-corrected chi connectivity index (χ1v) is 11.3. The van der Waals surface area contributed by atoms with Gasteiger partial charge in [-0.3, -0.25) is 4.79 Å². The number of carbonyl (C=O) groups is 1. The Labute approximate surface area is 153 Å². The van der Waals surface area contributed by atoms with Crippen LogP contribution in [0.5, 0.6) is 0 Å². The van der Waals surface area contributed by atoms with E-state index in [1.165, 1.54) is 16.1 Å². The van der Waals surface area contributed by atoms with Crippen LogP contribution in [-0.2, 0) is 14.8 Å². The Kier molecular flexibility index (Phi) is 6.04. The SMILES string of the molecule is CSc1ccc(S(=O)(=O)N2CCCCC2)cc1C(=O)N1CCOCC1. The number of carbonyl (C=O) groups excluding carboxylic acids is 1. The predicted octanol–water partition coefficient (Wildman–Crippen LogP) is 2.06. The molecule has 3 rings (SSSR count). The zero-order valence-corrected chi connectivity index (χ0v) is 16.1. The number of amides is 1. The molecule has 0 spiro atoms. The summed E-state index contributed by atoms with van der Waals surface area (Å²) in [6.45, 7) is 3.22. The summed E-state index contributed by atoms with van der Waals surface area (Å²) in [6.07, 6.45) is 4.74. The maximum absolute atomic E-state index is 12.9. The number of hydrogen-bond donors (Lipinski definition) is 0. The molecule has 0 aromatic heterocycles. The Balaban J connectivity index is 1.92. The van der Waals surface area contributed by atoms with E-state index in [1.54, 1.807) is 23.1 Å². The van der Waals surface area contributed by atoms with Gasteiger partial charge in [0.1, 0.15) is 0 Å². The van der Waals surface area contributed by atoms with Crippen molar-refractivity contribution >= 4 is 27.7 Å². The highest BCUT2D eigenvalue weighted by atomic mass is 32.2. The van der Waals surface area contributed by atoms with Gasteiger partial charge in [-0.15, -0.1) is 11.8 Å². The second kappa shape index (κ2) is 8.07. The van der Waals surface area contributed by atoms with E-state index >= 15 is 0 Å². The largest absolute Gasteiger partial charge is 0.378 e. The molecule has 0 saturated carbocycles. The minimum Gasteiger partial charge on any atom is -0.378 e. The normalized spacial score (nSPS) is 19.8. The van der Waals surface area contributed by atoms with E-state index in [0.717, 1.165) is 24.2 Å². The lowest BCUT2D eigenvalue weighted by atomic mass is 10.2. The molecule has 2 fully saturated rings. The number of hydrogen-bond acceptors (Lipinski definition) is 5. The second-order valence-electron chi connectivity index (χ2n) is 6.23. The fourth-order valence-electron chi connectivity index (χ4n) is 3.21. The molecule has 2 heterocycles. The number of nitrogens with zero attached hydrogens (tertiary/aromatic N) is 2. The van der Waals surface area contributed by atoms with Crippen molar-refractivity contribution in [2.45, 2.75) is 29.1 Å². The van der Waals surface area contributed by atoms with Gasteiger partial charge in [-0.25, -0.2) is 8.42 Å². The third-order valence-corrected chi connectivity index (χ3v) is 7.34. The monoisotopic (exact) mass is 384 g/mol. The summed E-state index contributed by atoms with van der Waals surface area (Å²) in [5, 5.41) is 0. The van der Waals surface area contributed by atoms with Crippen LogP contribution in [0.1, 0.15) is 29.6 Å².